The average Bonchev–Trinajstić information content (AvgIpc) is 3.22. The van der Waals surface area contributed by atoms with Gasteiger partial charge in [-0.15, -0.1) is 11.3 Å². The van der Waals surface area contributed by atoms with Crippen LogP contribution in [0.4, 0.5) is 5.13 Å². The number of nitriles is 1. The van der Waals surface area contributed by atoms with E-state index in [4.69, 9.17) is 4.98 Å². The summed E-state index contributed by atoms with van der Waals surface area (Å²) in [6, 6.07) is 12.1. The zero-order valence-electron chi connectivity index (χ0n) is 16.3. The maximum Gasteiger partial charge on any atom is 0.239 e. The van der Waals surface area contributed by atoms with Crippen molar-refractivity contribution in [3.8, 4) is 17.3 Å². The van der Waals surface area contributed by atoms with Crippen LogP contribution in [0.5, 0.6) is 0 Å². The summed E-state index contributed by atoms with van der Waals surface area (Å²) >= 11 is 6.15. The van der Waals surface area contributed by atoms with Gasteiger partial charge in [-0.05, 0) is 56.4 Å². The van der Waals surface area contributed by atoms with E-state index in [0.29, 0.717) is 15.7 Å². The van der Waals surface area contributed by atoms with Gasteiger partial charge in [0, 0.05) is 21.1 Å². The number of pyridine rings is 1. The van der Waals surface area contributed by atoms with Gasteiger partial charge in [0.25, 0.3) is 0 Å². The van der Waals surface area contributed by atoms with E-state index in [9.17, 15) is 10.1 Å². The molecule has 0 saturated heterocycles. The first kappa shape index (κ1) is 21.0. The lowest BCUT2D eigenvalue weighted by Crippen LogP contribution is -2.22. The molecule has 0 spiro atoms. The number of carbonyl (C=O) groups excluding carboxylic acids is 1. The van der Waals surface area contributed by atoms with E-state index in [1.807, 2.05) is 42.6 Å². The fourth-order valence-electron chi connectivity index (χ4n) is 3.30. The van der Waals surface area contributed by atoms with E-state index < -0.39 is 5.25 Å². The molecule has 5 nitrogen and oxygen atoms in total. The Kier molecular flexibility index (Phi) is 6.52. The van der Waals surface area contributed by atoms with Crippen molar-refractivity contribution < 1.29 is 4.79 Å². The Hall–Kier alpha value is -2.21. The smallest absolute Gasteiger partial charge is 0.239 e. The highest BCUT2D eigenvalue weighted by Gasteiger charge is 2.21. The molecule has 1 unspecified atom stereocenters. The fraction of sp³-hybridized carbons (Fsp3) is 0.273. The number of aromatic nitrogens is 2. The van der Waals surface area contributed by atoms with E-state index >= 15 is 0 Å². The van der Waals surface area contributed by atoms with Crippen LogP contribution < -0.4 is 5.32 Å². The molecule has 1 aliphatic rings. The minimum absolute atomic E-state index is 0.153. The van der Waals surface area contributed by atoms with Gasteiger partial charge < -0.3 is 5.32 Å². The van der Waals surface area contributed by atoms with E-state index in [-0.39, 0.29) is 5.91 Å². The number of hydrogen-bond acceptors (Lipinski definition) is 6. The minimum atomic E-state index is -0.397. The third-order valence-electron chi connectivity index (χ3n) is 4.92. The number of rotatable bonds is 5. The number of anilines is 1. The number of halogens is 1. The topological polar surface area (TPSA) is 78.7 Å². The molecule has 8 heteroatoms. The Morgan fingerprint density at radius 3 is 2.80 bits per heavy atom. The Labute approximate surface area is 192 Å². The first-order valence-corrected chi connectivity index (χ1v) is 12.2. The lowest BCUT2D eigenvalue weighted by atomic mass is 9.95. The standard InChI is InChI=1S/C22H19BrN4OS2/c1-13(30-21-16(11-24)10-15-4-2-3-5-18(15)25-21)20(28)27-22-26-19(12-29-22)14-6-8-17(23)9-7-14/h6-10,12-13H,2-5H2,1H3,(H,26,27,28). The van der Waals surface area contributed by atoms with Crippen molar-refractivity contribution in [3.63, 3.8) is 0 Å². The number of hydrogen-bond donors (Lipinski definition) is 1. The molecule has 152 valence electrons. The number of aryl methyl sites for hydroxylation is 2. The fourth-order valence-corrected chi connectivity index (χ4v) is 5.18. The monoisotopic (exact) mass is 498 g/mol. The normalized spacial score (nSPS) is 13.9. The average molecular weight is 499 g/mol. The highest BCUT2D eigenvalue weighted by molar-refractivity contribution is 9.10. The molecule has 2 aromatic heterocycles. The second-order valence-corrected chi connectivity index (χ2v) is 10.2. The summed E-state index contributed by atoms with van der Waals surface area (Å²) in [4.78, 5) is 21.9. The quantitative estimate of drug-likeness (QED) is 0.447. The van der Waals surface area contributed by atoms with Crippen molar-refractivity contribution in [3.05, 3.63) is 57.0 Å². The molecular formula is C22H19BrN4OS2. The molecular weight excluding hydrogens is 480 g/mol. The molecule has 0 bridgehead atoms. The molecule has 1 aliphatic carbocycles. The lowest BCUT2D eigenvalue weighted by Gasteiger charge is -2.17. The number of fused-ring (bicyclic) bond motifs is 1. The van der Waals surface area contributed by atoms with Crippen LogP contribution in [0.2, 0.25) is 0 Å². The van der Waals surface area contributed by atoms with Gasteiger partial charge in [-0.1, -0.05) is 39.8 Å². The molecule has 0 fully saturated rings. The van der Waals surface area contributed by atoms with Crippen LogP contribution in [0.15, 0.2) is 45.2 Å². The van der Waals surface area contributed by atoms with Crippen molar-refractivity contribution in [2.24, 2.45) is 0 Å². The van der Waals surface area contributed by atoms with E-state index in [1.165, 1.54) is 28.7 Å². The SMILES string of the molecule is CC(Sc1nc2c(cc1C#N)CCCC2)C(=O)Nc1nc(-c2ccc(Br)cc2)cs1. The maximum atomic E-state index is 12.7. The molecule has 3 aromatic rings. The predicted octanol–water partition coefficient (Wildman–Crippen LogP) is 5.84. The Bertz CT molecular complexity index is 1120. The Balaban J connectivity index is 1.45. The Morgan fingerprint density at radius 2 is 2.03 bits per heavy atom. The first-order valence-electron chi connectivity index (χ1n) is 9.65. The van der Waals surface area contributed by atoms with Gasteiger partial charge in [-0.25, -0.2) is 9.97 Å². The summed E-state index contributed by atoms with van der Waals surface area (Å²) in [6.45, 7) is 1.82. The summed E-state index contributed by atoms with van der Waals surface area (Å²) in [5, 5.41) is 15.1. The summed E-state index contributed by atoms with van der Waals surface area (Å²) < 4.78 is 1.01. The van der Waals surface area contributed by atoms with Gasteiger partial charge in [-0.2, -0.15) is 5.26 Å². The van der Waals surface area contributed by atoms with Crippen molar-refractivity contribution in [1.82, 2.24) is 9.97 Å². The van der Waals surface area contributed by atoms with Crippen LogP contribution >= 0.6 is 39.0 Å². The number of nitrogens with zero attached hydrogens (tertiary/aromatic N) is 3. The van der Waals surface area contributed by atoms with Gasteiger partial charge in [0.1, 0.15) is 11.1 Å². The second kappa shape index (κ2) is 9.29. The van der Waals surface area contributed by atoms with Crippen LogP contribution in [0, 0.1) is 11.3 Å². The second-order valence-electron chi connectivity index (χ2n) is 7.06. The highest BCUT2D eigenvalue weighted by Crippen LogP contribution is 2.31. The molecule has 1 aromatic carbocycles. The molecule has 0 radical (unpaired) electrons. The van der Waals surface area contributed by atoms with Gasteiger partial charge in [0.15, 0.2) is 5.13 Å². The van der Waals surface area contributed by atoms with E-state index in [2.05, 4.69) is 32.3 Å². The van der Waals surface area contributed by atoms with Crippen molar-refractivity contribution in [2.45, 2.75) is 42.9 Å². The van der Waals surface area contributed by atoms with Gasteiger partial charge >= 0.3 is 0 Å². The largest absolute Gasteiger partial charge is 0.301 e. The van der Waals surface area contributed by atoms with Gasteiger partial charge in [0.2, 0.25) is 5.91 Å². The molecule has 2 heterocycles. The number of thioether (sulfide) groups is 1. The highest BCUT2D eigenvalue weighted by atomic mass is 79.9. The van der Waals surface area contributed by atoms with Crippen LogP contribution in [-0.4, -0.2) is 21.1 Å². The molecule has 1 amide bonds. The number of carbonyl (C=O) groups is 1. The zero-order chi connectivity index (χ0) is 21.1. The molecule has 0 saturated carbocycles. The minimum Gasteiger partial charge on any atom is -0.301 e. The number of thiazole rings is 1. The summed E-state index contributed by atoms with van der Waals surface area (Å²) in [7, 11) is 0. The first-order chi connectivity index (χ1) is 14.5. The summed E-state index contributed by atoms with van der Waals surface area (Å²) in [5.74, 6) is -0.153. The van der Waals surface area contributed by atoms with Crippen LogP contribution in [0.25, 0.3) is 11.3 Å². The summed E-state index contributed by atoms with van der Waals surface area (Å²) in [6.07, 6.45) is 4.17. The lowest BCUT2D eigenvalue weighted by molar-refractivity contribution is -0.115. The van der Waals surface area contributed by atoms with Crippen molar-refractivity contribution in [2.75, 3.05) is 5.32 Å². The summed E-state index contributed by atoms with van der Waals surface area (Å²) in [5.41, 5.74) is 4.60. The molecule has 1 N–H and O–H groups in total. The number of amides is 1. The van der Waals surface area contributed by atoms with Crippen molar-refractivity contribution in [1.29, 1.82) is 5.26 Å². The van der Waals surface area contributed by atoms with Crippen LogP contribution in [0.3, 0.4) is 0 Å². The van der Waals surface area contributed by atoms with Crippen molar-refractivity contribution >= 4 is 50.1 Å². The van der Waals surface area contributed by atoms with E-state index in [0.717, 1.165) is 47.1 Å². The maximum absolute atomic E-state index is 12.7. The molecule has 1 atom stereocenters. The third-order valence-corrected chi connectivity index (χ3v) is 7.31. The van der Waals surface area contributed by atoms with Crippen LogP contribution in [0.1, 0.15) is 36.6 Å². The van der Waals surface area contributed by atoms with E-state index in [1.54, 1.807) is 0 Å². The molecule has 4 rings (SSSR count). The van der Waals surface area contributed by atoms with Gasteiger partial charge in [0.05, 0.1) is 16.5 Å². The third kappa shape index (κ3) is 4.75. The predicted molar refractivity (Wildman–Crippen MR) is 125 cm³/mol. The molecule has 0 aliphatic heterocycles. The molecule has 30 heavy (non-hydrogen) atoms. The zero-order valence-corrected chi connectivity index (χ0v) is 19.5. The van der Waals surface area contributed by atoms with Crippen LogP contribution in [-0.2, 0) is 17.6 Å². The van der Waals surface area contributed by atoms with Gasteiger partial charge in [-0.3, -0.25) is 4.79 Å². The number of nitrogens with one attached hydrogen (secondary N) is 1. The number of benzene rings is 1. The Morgan fingerprint density at radius 1 is 1.27 bits per heavy atom.